The molecule has 0 aromatic heterocycles. The Kier molecular flexibility index (Phi) is 6.59. The van der Waals surface area contributed by atoms with Crippen LogP contribution in [0.15, 0.2) is 53.4 Å². The van der Waals surface area contributed by atoms with Crippen LogP contribution in [-0.2, 0) is 14.8 Å². The Morgan fingerprint density at radius 1 is 1.11 bits per heavy atom. The van der Waals surface area contributed by atoms with E-state index in [2.05, 4.69) is 5.32 Å². The van der Waals surface area contributed by atoms with Crippen molar-refractivity contribution in [3.63, 3.8) is 0 Å². The van der Waals surface area contributed by atoms with Crippen molar-refractivity contribution in [3.05, 3.63) is 53.6 Å². The number of para-hydroxylation sites is 1. The first-order chi connectivity index (χ1) is 13.4. The summed E-state index contributed by atoms with van der Waals surface area (Å²) in [7, 11) is -3.56. The highest BCUT2D eigenvalue weighted by molar-refractivity contribution is 7.89. The van der Waals surface area contributed by atoms with Crippen LogP contribution in [0.4, 0.5) is 5.69 Å². The Balaban J connectivity index is 1.70. The van der Waals surface area contributed by atoms with E-state index in [1.54, 1.807) is 49.4 Å². The third-order valence-electron chi connectivity index (χ3n) is 4.56. The highest BCUT2D eigenvalue weighted by atomic mass is 35.5. The SMILES string of the molecule is CC(Oc1ccccc1Cl)C(=O)Nc1cccc(S(=O)(=O)N2CCCCC2)c1. The van der Waals surface area contributed by atoms with E-state index in [1.807, 2.05) is 0 Å². The summed E-state index contributed by atoms with van der Waals surface area (Å²) in [6.45, 7) is 2.66. The van der Waals surface area contributed by atoms with Gasteiger partial charge in [-0.25, -0.2) is 8.42 Å². The fraction of sp³-hybridized carbons (Fsp3) is 0.350. The second-order valence-electron chi connectivity index (χ2n) is 6.67. The van der Waals surface area contributed by atoms with Gasteiger partial charge in [0.1, 0.15) is 5.75 Å². The third kappa shape index (κ3) is 4.84. The van der Waals surface area contributed by atoms with Gasteiger partial charge in [-0.2, -0.15) is 4.31 Å². The number of halogens is 1. The van der Waals surface area contributed by atoms with Crippen molar-refractivity contribution in [2.45, 2.75) is 37.2 Å². The minimum absolute atomic E-state index is 0.173. The van der Waals surface area contributed by atoms with E-state index in [-0.39, 0.29) is 4.90 Å². The van der Waals surface area contributed by atoms with Crippen molar-refractivity contribution in [2.24, 2.45) is 0 Å². The van der Waals surface area contributed by atoms with Crippen LogP contribution < -0.4 is 10.1 Å². The van der Waals surface area contributed by atoms with E-state index in [0.717, 1.165) is 19.3 Å². The van der Waals surface area contributed by atoms with E-state index in [9.17, 15) is 13.2 Å². The lowest BCUT2D eigenvalue weighted by atomic mass is 10.2. The molecule has 150 valence electrons. The van der Waals surface area contributed by atoms with E-state index in [0.29, 0.717) is 29.5 Å². The number of sulfonamides is 1. The van der Waals surface area contributed by atoms with Crippen molar-refractivity contribution in [1.82, 2.24) is 4.31 Å². The van der Waals surface area contributed by atoms with Crippen molar-refractivity contribution in [2.75, 3.05) is 18.4 Å². The molecule has 0 aliphatic carbocycles. The number of carbonyl (C=O) groups excluding carboxylic acids is 1. The Morgan fingerprint density at radius 3 is 2.54 bits per heavy atom. The fourth-order valence-electron chi connectivity index (χ4n) is 3.02. The summed E-state index contributed by atoms with van der Waals surface area (Å²) in [6, 6.07) is 13.2. The molecule has 1 unspecified atom stereocenters. The van der Waals surface area contributed by atoms with Crippen LogP contribution in [0, 0.1) is 0 Å². The molecule has 1 amide bonds. The van der Waals surface area contributed by atoms with E-state index < -0.39 is 22.0 Å². The predicted molar refractivity (Wildman–Crippen MR) is 109 cm³/mol. The highest BCUT2D eigenvalue weighted by Crippen LogP contribution is 2.25. The number of nitrogens with one attached hydrogen (secondary N) is 1. The van der Waals surface area contributed by atoms with Crippen molar-refractivity contribution >= 4 is 33.2 Å². The number of ether oxygens (including phenoxy) is 1. The lowest BCUT2D eigenvalue weighted by molar-refractivity contribution is -0.122. The monoisotopic (exact) mass is 422 g/mol. The Hall–Kier alpha value is -2.09. The molecule has 1 heterocycles. The first-order valence-corrected chi connectivity index (χ1v) is 11.0. The number of rotatable bonds is 6. The van der Waals surface area contributed by atoms with Gasteiger partial charge in [-0.15, -0.1) is 0 Å². The lowest BCUT2D eigenvalue weighted by Crippen LogP contribution is -2.35. The van der Waals surface area contributed by atoms with Crippen LogP contribution in [0.25, 0.3) is 0 Å². The standard InChI is InChI=1S/C20H23ClN2O4S/c1-15(27-19-11-4-3-10-18(19)21)20(24)22-16-8-7-9-17(14-16)28(25,26)23-12-5-2-6-13-23/h3-4,7-11,14-15H,2,5-6,12-13H2,1H3,(H,22,24). The average Bonchev–Trinajstić information content (AvgIpc) is 2.70. The summed E-state index contributed by atoms with van der Waals surface area (Å²) in [5.74, 6) is 0.0145. The zero-order valence-electron chi connectivity index (χ0n) is 15.6. The van der Waals surface area contributed by atoms with Crippen LogP contribution in [0.3, 0.4) is 0 Å². The Labute approximate surface area is 170 Å². The molecule has 3 rings (SSSR count). The van der Waals surface area contributed by atoms with Gasteiger partial charge in [0.15, 0.2) is 6.10 Å². The van der Waals surface area contributed by atoms with Crippen LogP contribution in [0.1, 0.15) is 26.2 Å². The molecule has 0 saturated carbocycles. The number of amides is 1. The maximum Gasteiger partial charge on any atom is 0.265 e. The summed E-state index contributed by atoms with van der Waals surface area (Å²) in [5, 5.41) is 3.12. The highest BCUT2D eigenvalue weighted by Gasteiger charge is 2.26. The Bertz CT molecular complexity index is 943. The number of piperidine rings is 1. The van der Waals surface area contributed by atoms with Crippen LogP contribution in [-0.4, -0.2) is 37.8 Å². The summed E-state index contributed by atoms with van der Waals surface area (Å²) in [4.78, 5) is 12.6. The molecule has 2 aromatic rings. The maximum absolute atomic E-state index is 12.8. The second kappa shape index (κ2) is 8.94. The van der Waals surface area contributed by atoms with Gasteiger partial charge in [0.05, 0.1) is 9.92 Å². The zero-order chi connectivity index (χ0) is 20.1. The Morgan fingerprint density at radius 2 is 1.82 bits per heavy atom. The third-order valence-corrected chi connectivity index (χ3v) is 6.77. The van der Waals surface area contributed by atoms with Crippen LogP contribution in [0.5, 0.6) is 5.75 Å². The van der Waals surface area contributed by atoms with E-state index >= 15 is 0 Å². The van der Waals surface area contributed by atoms with Gasteiger partial charge >= 0.3 is 0 Å². The van der Waals surface area contributed by atoms with Crippen LogP contribution in [0.2, 0.25) is 5.02 Å². The number of benzene rings is 2. The topological polar surface area (TPSA) is 75.7 Å². The molecule has 2 aromatic carbocycles. The maximum atomic E-state index is 12.8. The summed E-state index contributed by atoms with van der Waals surface area (Å²) in [6.07, 6.45) is 1.98. The van der Waals surface area contributed by atoms with Crippen molar-refractivity contribution < 1.29 is 17.9 Å². The summed E-state index contributed by atoms with van der Waals surface area (Å²) in [5.41, 5.74) is 0.401. The second-order valence-corrected chi connectivity index (χ2v) is 9.02. The largest absolute Gasteiger partial charge is 0.479 e. The molecule has 1 N–H and O–H groups in total. The number of carbonyl (C=O) groups is 1. The van der Waals surface area contributed by atoms with Gasteiger partial charge in [-0.05, 0) is 50.1 Å². The number of hydrogen-bond acceptors (Lipinski definition) is 4. The van der Waals surface area contributed by atoms with Crippen molar-refractivity contribution in [1.29, 1.82) is 0 Å². The molecule has 1 saturated heterocycles. The summed E-state index contributed by atoms with van der Waals surface area (Å²) < 4.78 is 32.7. The first-order valence-electron chi connectivity index (χ1n) is 9.20. The molecule has 28 heavy (non-hydrogen) atoms. The van der Waals surface area contributed by atoms with Crippen LogP contribution >= 0.6 is 11.6 Å². The van der Waals surface area contributed by atoms with Gasteiger partial charge in [0.25, 0.3) is 5.91 Å². The smallest absolute Gasteiger partial charge is 0.265 e. The molecule has 1 aliphatic heterocycles. The molecule has 1 aliphatic rings. The molecular weight excluding hydrogens is 400 g/mol. The minimum Gasteiger partial charge on any atom is -0.479 e. The quantitative estimate of drug-likeness (QED) is 0.765. The number of anilines is 1. The molecule has 6 nitrogen and oxygen atoms in total. The van der Waals surface area contributed by atoms with Gasteiger partial charge in [-0.3, -0.25) is 4.79 Å². The molecule has 1 atom stereocenters. The summed E-state index contributed by atoms with van der Waals surface area (Å²) >= 11 is 6.05. The molecule has 0 bridgehead atoms. The zero-order valence-corrected chi connectivity index (χ0v) is 17.2. The predicted octanol–water partition coefficient (Wildman–Crippen LogP) is 3.92. The minimum atomic E-state index is -3.56. The normalized spacial score (nSPS) is 16.4. The molecular formula is C20H23ClN2O4S. The van der Waals surface area contributed by atoms with Gasteiger partial charge in [0.2, 0.25) is 10.0 Å². The number of hydrogen-bond donors (Lipinski definition) is 1. The molecule has 1 fully saturated rings. The number of nitrogens with zero attached hydrogens (tertiary/aromatic N) is 1. The molecule has 0 radical (unpaired) electrons. The van der Waals surface area contributed by atoms with E-state index in [1.165, 1.54) is 10.4 Å². The van der Waals surface area contributed by atoms with E-state index in [4.69, 9.17) is 16.3 Å². The average molecular weight is 423 g/mol. The lowest BCUT2D eigenvalue weighted by Gasteiger charge is -2.26. The van der Waals surface area contributed by atoms with Gasteiger partial charge < -0.3 is 10.1 Å². The first kappa shape index (κ1) is 20.6. The van der Waals surface area contributed by atoms with Crippen molar-refractivity contribution in [3.8, 4) is 5.75 Å². The van der Waals surface area contributed by atoms with Gasteiger partial charge in [-0.1, -0.05) is 36.2 Å². The van der Waals surface area contributed by atoms with Gasteiger partial charge in [0, 0.05) is 18.8 Å². The fourth-order valence-corrected chi connectivity index (χ4v) is 4.76. The molecule has 8 heteroatoms. The molecule has 0 spiro atoms.